The van der Waals surface area contributed by atoms with Crippen molar-refractivity contribution in [2.24, 2.45) is 11.8 Å². The Balaban J connectivity index is 4.13. The van der Waals surface area contributed by atoms with Crippen LogP contribution in [0, 0.1) is 11.8 Å². The van der Waals surface area contributed by atoms with Crippen LogP contribution >= 0.6 is 0 Å². The van der Waals surface area contributed by atoms with Gasteiger partial charge >= 0.3 is 11.9 Å². The summed E-state index contributed by atoms with van der Waals surface area (Å²) in [5, 5.41) is 0. The molecule has 0 fully saturated rings. The van der Waals surface area contributed by atoms with E-state index in [4.69, 9.17) is 9.47 Å². The zero-order chi connectivity index (χ0) is 28.4. The van der Waals surface area contributed by atoms with Crippen molar-refractivity contribution in [2.45, 2.75) is 162 Å². The van der Waals surface area contributed by atoms with E-state index >= 15 is 0 Å². The van der Waals surface area contributed by atoms with Gasteiger partial charge in [0.2, 0.25) is 0 Å². The molecule has 1 unspecified atom stereocenters. The highest BCUT2D eigenvalue weighted by Gasteiger charge is 2.17. The summed E-state index contributed by atoms with van der Waals surface area (Å²) in [6.07, 6.45) is 21.8. The fraction of sp³-hybridized carbons (Fsp3) is 0.939. The lowest BCUT2D eigenvalue weighted by molar-refractivity contribution is -0.159. The van der Waals surface area contributed by atoms with Crippen molar-refractivity contribution in [2.75, 3.05) is 27.2 Å². The van der Waals surface area contributed by atoms with Crippen LogP contribution in [0.25, 0.3) is 0 Å². The Morgan fingerprint density at radius 3 is 1.71 bits per heavy atom. The van der Waals surface area contributed by atoms with Crippen LogP contribution in [-0.4, -0.2) is 50.2 Å². The molecule has 226 valence electrons. The zero-order valence-corrected chi connectivity index (χ0v) is 26.4. The summed E-state index contributed by atoms with van der Waals surface area (Å²) in [7, 11) is 4.01. The molecule has 0 bridgehead atoms. The van der Waals surface area contributed by atoms with E-state index in [9.17, 15) is 9.59 Å². The number of carbonyl (C=O) groups is 2. The summed E-state index contributed by atoms with van der Waals surface area (Å²) in [6, 6.07) is 0. The van der Waals surface area contributed by atoms with Gasteiger partial charge in [-0.2, -0.15) is 0 Å². The molecule has 0 spiro atoms. The van der Waals surface area contributed by atoms with Crippen molar-refractivity contribution in [3.8, 4) is 0 Å². The Morgan fingerprint density at radius 1 is 0.632 bits per heavy atom. The van der Waals surface area contributed by atoms with Crippen LogP contribution < -0.4 is 0 Å². The Labute approximate surface area is 237 Å². The summed E-state index contributed by atoms with van der Waals surface area (Å²) >= 11 is 0. The second-order valence-corrected chi connectivity index (χ2v) is 12.1. The lowest BCUT2D eigenvalue weighted by Gasteiger charge is -2.19. The minimum atomic E-state index is -0.320. The molecular formula is C33H65NO4. The molecule has 0 aliphatic carbocycles. The molecule has 0 rings (SSSR count). The number of hydrogen-bond donors (Lipinski definition) is 0. The average Bonchev–Trinajstić information content (AvgIpc) is 2.87. The second kappa shape index (κ2) is 26.1. The average molecular weight is 540 g/mol. The minimum absolute atomic E-state index is 0.155. The largest absolute Gasteiger partial charge is 0.462 e. The van der Waals surface area contributed by atoms with E-state index in [-0.39, 0.29) is 24.6 Å². The minimum Gasteiger partial charge on any atom is -0.462 e. The maximum atomic E-state index is 12.4. The molecule has 0 radical (unpaired) electrons. The Bertz CT molecular complexity index is 545. The highest BCUT2D eigenvalue weighted by atomic mass is 16.6. The van der Waals surface area contributed by atoms with Crippen molar-refractivity contribution < 1.29 is 19.1 Å². The molecule has 1 atom stereocenters. The standard InChI is InChI=1S/C33H65NO4/c1-7-30(8-2)23-18-16-19-24-31(38-33(36)26-21-27-34(5)6)28-37-32(35)25-20-15-13-11-9-10-12-14-17-22-29(3)4/h29-31H,7-28H2,1-6H3. The van der Waals surface area contributed by atoms with E-state index in [0.717, 1.165) is 56.9 Å². The van der Waals surface area contributed by atoms with Crippen LogP contribution in [0.3, 0.4) is 0 Å². The van der Waals surface area contributed by atoms with E-state index in [1.54, 1.807) is 0 Å². The van der Waals surface area contributed by atoms with Gasteiger partial charge in [0.25, 0.3) is 0 Å². The number of nitrogens with zero attached hydrogens (tertiary/aromatic N) is 1. The summed E-state index contributed by atoms with van der Waals surface area (Å²) < 4.78 is 11.3. The van der Waals surface area contributed by atoms with Gasteiger partial charge in [0.15, 0.2) is 0 Å². The summed E-state index contributed by atoms with van der Waals surface area (Å²) in [5.41, 5.74) is 0. The molecule has 0 aromatic rings. The van der Waals surface area contributed by atoms with Gasteiger partial charge < -0.3 is 14.4 Å². The molecule has 0 saturated carbocycles. The predicted octanol–water partition coefficient (Wildman–Crippen LogP) is 9.12. The SMILES string of the molecule is CCC(CC)CCCCCC(COC(=O)CCCCCCCCCCCC(C)C)OC(=O)CCCN(C)C. The van der Waals surface area contributed by atoms with Gasteiger partial charge in [0.05, 0.1) is 0 Å². The van der Waals surface area contributed by atoms with E-state index < -0.39 is 0 Å². The number of unbranched alkanes of at least 4 members (excludes halogenated alkanes) is 10. The number of esters is 2. The molecular weight excluding hydrogens is 474 g/mol. The van der Waals surface area contributed by atoms with Gasteiger partial charge in [0.1, 0.15) is 12.7 Å². The number of carbonyl (C=O) groups excluding carboxylic acids is 2. The zero-order valence-electron chi connectivity index (χ0n) is 26.4. The molecule has 0 saturated heterocycles. The first kappa shape index (κ1) is 36.9. The van der Waals surface area contributed by atoms with Crippen LogP contribution in [0.15, 0.2) is 0 Å². The summed E-state index contributed by atoms with van der Waals surface area (Å²) in [4.78, 5) is 26.7. The molecule has 0 aliphatic heterocycles. The van der Waals surface area contributed by atoms with Crippen molar-refractivity contribution >= 4 is 11.9 Å². The van der Waals surface area contributed by atoms with Crippen LogP contribution in [0.1, 0.15) is 156 Å². The predicted molar refractivity (Wildman–Crippen MR) is 161 cm³/mol. The van der Waals surface area contributed by atoms with Crippen molar-refractivity contribution in [1.82, 2.24) is 4.90 Å². The van der Waals surface area contributed by atoms with Gasteiger partial charge in [-0.15, -0.1) is 0 Å². The van der Waals surface area contributed by atoms with Gasteiger partial charge in [-0.3, -0.25) is 9.59 Å². The number of ether oxygens (including phenoxy) is 2. The maximum Gasteiger partial charge on any atom is 0.306 e. The Morgan fingerprint density at radius 2 is 1.13 bits per heavy atom. The second-order valence-electron chi connectivity index (χ2n) is 12.1. The quantitative estimate of drug-likeness (QED) is 0.0769. The third-order valence-corrected chi connectivity index (χ3v) is 7.67. The van der Waals surface area contributed by atoms with Crippen molar-refractivity contribution in [3.63, 3.8) is 0 Å². The molecule has 0 aromatic carbocycles. The number of hydrogen-bond acceptors (Lipinski definition) is 5. The normalized spacial score (nSPS) is 12.4. The first-order chi connectivity index (χ1) is 18.3. The first-order valence-corrected chi connectivity index (χ1v) is 16.3. The van der Waals surface area contributed by atoms with E-state index in [2.05, 4.69) is 32.6 Å². The van der Waals surface area contributed by atoms with Gasteiger partial charge in [-0.05, 0) is 58.2 Å². The lowest BCUT2D eigenvalue weighted by atomic mass is 9.95. The fourth-order valence-corrected chi connectivity index (χ4v) is 4.96. The molecule has 0 N–H and O–H groups in total. The molecule has 0 amide bonds. The molecule has 0 aromatic heterocycles. The fourth-order valence-electron chi connectivity index (χ4n) is 4.96. The van der Waals surface area contributed by atoms with Crippen LogP contribution in [0.5, 0.6) is 0 Å². The molecule has 38 heavy (non-hydrogen) atoms. The summed E-state index contributed by atoms with van der Waals surface area (Å²) in [6.45, 7) is 10.2. The van der Waals surface area contributed by atoms with E-state index in [1.807, 2.05) is 14.1 Å². The monoisotopic (exact) mass is 539 g/mol. The van der Waals surface area contributed by atoms with Crippen molar-refractivity contribution in [3.05, 3.63) is 0 Å². The maximum absolute atomic E-state index is 12.4. The third kappa shape index (κ3) is 25.2. The molecule has 5 nitrogen and oxygen atoms in total. The smallest absolute Gasteiger partial charge is 0.306 e. The van der Waals surface area contributed by atoms with Crippen LogP contribution in [-0.2, 0) is 19.1 Å². The van der Waals surface area contributed by atoms with Crippen LogP contribution in [0.4, 0.5) is 0 Å². The topological polar surface area (TPSA) is 55.8 Å². The molecule has 0 heterocycles. The number of rotatable bonds is 27. The van der Waals surface area contributed by atoms with E-state index in [1.165, 1.54) is 77.0 Å². The highest BCUT2D eigenvalue weighted by molar-refractivity contribution is 5.70. The Kier molecular flexibility index (Phi) is 25.4. The van der Waals surface area contributed by atoms with Crippen molar-refractivity contribution in [1.29, 1.82) is 0 Å². The van der Waals surface area contributed by atoms with Gasteiger partial charge in [-0.25, -0.2) is 0 Å². The highest BCUT2D eigenvalue weighted by Crippen LogP contribution is 2.18. The van der Waals surface area contributed by atoms with Gasteiger partial charge in [0, 0.05) is 12.8 Å². The van der Waals surface area contributed by atoms with Gasteiger partial charge in [-0.1, -0.05) is 118 Å². The van der Waals surface area contributed by atoms with Crippen LogP contribution in [0.2, 0.25) is 0 Å². The third-order valence-electron chi connectivity index (χ3n) is 7.67. The molecule has 0 aliphatic rings. The lowest BCUT2D eigenvalue weighted by Crippen LogP contribution is -2.26. The summed E-state index contributed by atoms with van der Waals surface area (Å²) in [5.74, 6) is 1.32. The molecule has 5 heteroatoms. The Hall–Kier alpha value is -1.10. The first-order valence-electron chi connectivity index (χ1n) is 16.3. The van der Waals surface area contributed by atoms with E-state index in [0.29, 0.717) is 12.8 Å².